The Hall–Kier alpha value is -1.32. The summed E-state index contributed by atoms with van der Waals surface area (Å²) in [6.07, 6.45) is 2.98. The Labute approximate surface area is 89.6 Å². The first-order valence-corrected chi connectivity index (χ1v) is 5.21. The van der Waals surface area contributed by atoms with Gasteiger partial charge in [0.1, 0.15) is 0 Å². The third kappa shape index (κ3) is 3.38. The summed E-state index contributed by atoms with van der Waals surface area (Å²) in [5.41, 5.74) is 0.303. The number of piperidine rings is 1. The van der Waals surface area contributed by atoms with Crippen LogP contribution in [0, 0.1) is 5.92 Å². The average molecular weight is 211 g/mol. The van der Waals surface area contributed by atoms with Gasteiger partial charge in [-0.1, -0.05) is 6.92 Å². The molecule has 1 aliphatic heterocycles. The van der Waals surface area contributed by atoms with E-state index < -0.39 is 5.97 Å². The first kappa shape index (κ1) is 11.8. The monoisotopic (exact) mass is 211 g/mol. The van der Waals surface area contributed by atoms with Gasteiger partial charge in [-0.05, 0) is 25.7 Å². The van der Waals surface area contributed by atoms with Crippen molar-refractivity contribution in [1.29, 1.82) is 0 Å². The molecule has 0 aromatic carbocycles. The highest BCUT2D eigenvalue weighted by molar-refractivity contribution is 5.98. The molecule has 1 rings (SSSR count). The molecule has 1 fully saturated rings. The first-order chi connectivity index (χ1) is 7.00. The molecule has 0 aromatic rings. The molecule has 1 saturated heterocycles. The quantitative estimate of drug-likeness (QED) is 0.700. The Kier molecular flexibility index (Phi) is 3.88. The number of amides is 1. The normalized spacial score (nSPS) is 19.1. The molecule has 4 heteroatoms. The van der Waals surface area contributed by atoms with Gasteiger partial charge in [0.05, 0.1) is 0 Å². The predicted octanol–water partition coefficient (Wildman–Crippen LogP) is 1.28. The summed E-state index contributed by atoms with van der Waals surface area (Å²) in [4.78, 5) is 23.9. The van der Waals surface area contributed by atoms with Gasteiger partial charge in [0.15, 0.2) is 0 Å². The van der Waals surface area contributed by atoms with Gasteiger partial charge in [-0.3, -0.25) is 4.79 Å². The molecule has 0 unspecified atom stereocenters. The second-order valence-corrected chi connectivity index (χ2v) is 4.14. The third-order valence-electron chi connectivity index (χ3n) is 2.75. The minimum absolute atomic E-state index is 0.149. The highest BCUT2D eigenvalue weighted by atomic mass is 16.4. The molecule has 15 heavy (non-hydrogen) atoms. The lowest BCUT2D eigenvalue weighted by molar-refractivity contribution is -0.133. The number of carboxylic acids is 1. The Balaban J connectivity index is 2.57. The van der Waals surface area contributed by atoms with Crippen LogP contribution in [0.2, 0.25) is 0 Å². The van der Waals surface area contributed by atoms with E-state index in [-0.39, 0.29) is 5.91 Å². The molecule has 4 nitrogen and oxygen atoms in total. The number of hydrogen-bond donors (Lipinski definition) is 1. The van der Waals surface area contributed by atoms with E-state index in [1.54, 1.807) is 11.8 Å². The number of aliphatic carboxylic acids is 1. The minimum Gasteiger partial charge on any atom is -0.478 e. The fourth-order valence-electron chi connectivity index (χ4n) is 1.71. The fraction of sp³-hybridized carbons (Fsp3) is 0.636. The summed E-state index contributed by atoms with van der Waals surface area (Å²) in [6, 6.07) is 0. The number of hydrogen-bond acceptors (Lipinski definition) is 2. The van der Waals surface area contributed by atoms with Crippen LogP contribution in [-0.2, 0) is 9.59 Å². The van der Waals surface area contributed by atoms with E-state index in [4.69, 9.17) is 5.11 Å². The van der Waals surface area contributed by atoms with Crippen LogP contribution in [0.5, 0.6) is 0 Å². The van der Waals surface area contributed by atoms with Gasteiger partial charge in [-0.15, -0.1) is 0 Å². The van der Waals surface area contributed by atoms with Gasteiger partial charge in [0, 0.05) is 24.7 Å². The smallest absolute Gasteiger partial charge is 0.328 e. The fourth-order valence-corrected chi connectivity index (χ4v) is 1.71. The molecular formula is C11H17NO3. The van der Waals surface area contributed by atoms with Crippen LogP contribution in [0.25, 0.3) is 0 Å². The Morgan fingerprint density at radius 3 is 2.33 bits per heavy atom. The molecule has 0 aromatic heterocycles. The Bertz CT molecular complexity index is 288. The van der Waals surface area contributed by atoms with E-state index in [0.29, 0.717) is 11.5 Å². The lowest BCUT2D eigenvalue weighted by Gasteiger charge is -2.30. The summed E-state index contributed by atoms with van der Waals surface area (Å²) in [6.45, 7) is 5.20. The lowest BCUT2D eigenvalue weighted by Crippen LogP contribution is -2.38. The van der Waals surface area contributed by atoms with Crippen molar-refractivity contribution < 1.29 is 14.7 Å². The SMILES string of the molecule is C/C(=C\C(=O)O)C(=O)N1CCC(C)CC1. The number of carbonyl (C=O) groups excluding carboxylic acids is 1. The van der Waals surface area contributed by atoms with E-state index in [0.717, 1.165) is 32.0 Å². The van der Waals surface area contributed by atoms with E-state index in [1.807, 2.05) is 0 Å². The zero-order chi connectivity index (χ0) is 11.4. The topological polar surface area (TPSA) is 57.6 Å². The van der Waals surface area contributed by atoms with Crippen LogP contribution in [0.4, 0.5) is 0 Å². The summed E-state index contributed by atoms with van der Waals surface area (Å²) >= 11 is 0. The predicted molar refractivity (Wildman–Crippen MR) is 56.4 cm³/mol. The zero-order valence-electron chi connectivity index (χ0n) is 9.19. The average Bonchev–Trinajstić information content (AvgIpc) is 2.17. The molecule has 0 spiro atoms. The summed E-state index contributed by atoms with van der Waals surface area (Å²) in [7, 11) is 0. The highest BCUT2D eigenvalue weighted by Crippen LogP contribution is 2.17. The lowest BCUT2D eigenvalue weighted by atomic mass is 9.99. The molecule has 1 amide bonds. The zero-order valence-corrected chi connectivity index (χ0v) is 9.19. The number of likely N-dealkylation sites (tertiary alicyclic amines) is 1. The molecule has 1 heterocycles. The maximum atomic E-state index is 11.7. The first-order valence-electron chi connectivity index (χ1n) is 5.21. The van der Waals surface area contributed by atoms with Gasteiger partial charge in [0.2, 0.25) is 5.91 Å². The van der Waals surface area contributed by atoms with Crippen LogP contribution in [0.1, 0.15) is 26.7 Å². The Morgan fingerprint density at radius 1 is 1.33 bits per heavy atom. The highest BCUT2D eigenvalue weighted by Gasteiger charge is 2.21. The molecule has 0 radical (unpaired) electrons. The number of carboxylic acid groups (broad SMARTS) is 1. The van der Waals surface area contributed by atoms with Crippen molar-refractivity contribution in [2.45, 2.75) is 26.7 Å². The Morgan fingerprint density at radius 2 is 1.87 bits per heavy atom. The van der Waals surface area contributed by atoms with Gasteiger partial charge < -0.3 is 10.0 Å². The van der Waals surface area contributed by atoms with Crippen LogP contribution >= 0.6 is 0 Å². The van der Waals surface area contributed by atoms with Crippen LogP contribution < -0.4 is 0 Å². The molecule has 0 aliphatic carbocycles. The second-order valence-electron chi connectivity index (χ2n) is 4.14. The van der Waals surface area contributed by atoms with Crippen LogP contribution in [-0.4, -0.2) is 35.0 Å². The summed E-state index contributed by atoms with van der Waals surface area (Å²) in [5, 5.41) is 8.53. The van der Waals surface area contributed by atoms with Crippen molar-refractivity contribution in [1.82, 2.24) is 4.90 Å². The molecule has 84 valence electrons. The molecule has 0 bridgehead atoms. The molecule has 1 aliphatic rings. The number of rotatable bonds is 2. The van der Waals surface area contributed by atoms with E-state index in [1.165, 1.54) is 0 Å². The van der Waals surface area contributed by atoms with E-state index in [2.05, 4.69) is 6.92 Å². The largest absolute Gasteiger partial charge is 0.478 e. The van der Waals surface area contributed by atoms with Gasteiger partial charge >= 0.3 is 5.97 Å². The number of nitrogens with zero attached hydrogens (tertiary/aromatic N) is 1. The van der Waals surface area contributed by atoms with Crippen molar-refractivity contribution in [2.75, 3.05) is 13.1 Å². The molecule has 1 N–H and O–H groups in total. The summed E-state index contributed by atoms with van der Waals surface area (Å²) in [5.74, 6) is -0.548. The maximum absolute atomic E-state index is 11.7. The van der Waals surface area contributed by atoms with Crippen molar-refractivity contribution in [2.24, 2.45) is 5.92 Å². The third-order valence-corrected chi connectivity index (χ3v) is 2.75. The van der Waals surface area contributed by atoms with Crippen molar-refractivity contribution in [3.05, 3.63) is 11.6 Å². The van der Waals surface area contributed by atoms with Crippen LogP contribution in [0.3, 0.4) is 0 Å². The van der Waals surface area contributed by atoms with Crippen molar-refractivity contribution in [3.8, 4) is 0 Å². The molecule has 0 atom stereocenters. The van der Waals surface area contributed by atoms with E-state index in [9.17, 15) is 9.59 Å². The van der Waals surface area contributed by atoms with Crippen LogP contribution in [0.15, 0.2) is 11.6 Å². The second kappa shape index (κ2) is 4.96. The molecular weight excluding hydrogens is 194 g/mol. The van der Waals surface area contributed by atoms with E-state index >= 15 is 0 Å². The van der Waals surface area contributed by atoms with Crippen molar-refractivity contribution in [3.63, 3.8) is 0 Å². The molecule has 0 saturated carbocycles. The van der Waals surface area contributed by atoms with Crippen molar-refractivity contribution >= 4 is 11.9 Å². The van der Waals surface area contributed by atoms with Gasteiger partial charge in [-0.2, -0.15) is 0 Å². The number of carbonyl (C=O) groups is 2. The summed E-state index contributed by atoms with van der Waals surface area (Å²) < 4.78 is 0. The standard InChI is InChI=1S/C11H17NO3/c1-8-3-5-12(6-4-8)11(15)9(2)7-10(13)14/h7-8H,3-6H2,1-2H3,(H,13,14)/b9-7+. The van der Waals surface area contributed by atoms with Gasteiger partial charge in [0.25, 0.3) is 0 Å². The minimum atomic E-state index is -1.06. The maximum Gasteiger partial charge on any atom is 0.328 e. The van der Waals surface area contributed by atoms with Gasteiger partial charge in [-0.25, -0.2) is 4.79 Å².